The van der Waals surface area contributed by atoms with Gasteiger partial charge in [-0.25, -0.2) is 0 Å². The molecule has 5 nitrogen and oxygen atoms in total. The topological polar surface area (TPSA) is 69.6 Å². The number of hydrogen-bond acceptors (Lipinski definition) is 3. The van der Waals surface area contributed by atoms with Crippen molar-refractivity contribution < 1.29 is 14.7 Å². The molecule has 1 aliphatic heterocycles. The van der Waals surface area contributed by atoms with E-state index in [0.29, 0.717) is 19.5 Å². The molecule has 0 aromatic heterocycles. The number of benzene rings is 1. The Morgan fingerprint density at radius 1 is 1.19 bits per heavy atom. The second-order valence-corrected chi connectivity index (χ2v) is 5.44. The van der Waals surface area contributed by atoms with Gasteiger partial charge in [0.15, 0.2) is 0 Å². The second kappa shape index (κ2) is 7.78. The monoisotopic (exact) mass is 290 g/mol. The Labute approximate surface area is 125 Å². The van der Waals surface area contributed by atoms with E-state index in [2.05, 4.69) is 5.32 Å². The molecular formula is C16H22N2O3. The highest BCUT2D eigenvalue weighted by molar-refractivity contribution is 5.80. The molecule has 0 spiro atoms. The van der Waals surface area contributed by atoms with Gasteiger partial charge in [-0.3, -0.25) is 14.5 Å². The first kappa shape index (κ1) is 15.5. The maximum Gasteiger partial charge on any atom is 0.320 e. The van der Waals surface area contributed by atoms with Crippen molar-refractivity contribution in [3.05, 3.63) is 35.9 Å². The molecule has 2 N–H and O–H groups in total. The summed E-state index contributed by atoms with van der Waals surface area (Å²) in [5, 5.41) is 12.1. The summed E-state index contributed by atoms with van der Waals surface area (Å²) < 4.78 is 0. The lowest BCUT2D eigenvalue weighted by Gasteiger charge is -2.25. The quantitative estimate of drug-likeness (QED) is 0.865. The molecule has 1 unspecified atom stereocenters. The van der Waals surface area contributed by atoms with Gasteiger partial charge in [-0.1, -0.05) is 43.2 Å². The zero-order chi connectivity index (χ0) is 15.1. The second-order valence-electron chi connectivity index (χ2n) is 5.44. The largest absolute Gasteiger partial charge is 0.480 e. The van der Waals surface area contributed by atoms with Crippen molar-refractivity contribution in [2.45, 2.75) is 38.3 Å². The molecule has 5 heteroatoms. The van der Waals surface area contributed by atoms with Crippen LogP contribution in [0.3, 0.4) is 0 Å². The first-order valence-corrected chi connectivity index (χ1v) is 7.44. The predicted octanol–water partition coefficient (Wildman–Crippen LogP) is 1.63. The van der Waals surface area contributed by atoms with Crippen molar-refractivity contribution >= 4 is 11.9 Å². The first-order chi connectivity index (χ1) is 10.2. The highest BCUT2D eigenvalue weighted by atomic mass is 16.4. The smallest absolute Gasteiger partial charge is 0.320 e. The number of nitrogens with one attached hydrogen (secondary N) is 1. The van der Waals surface area contributed by atoms with Gasteiger partial charge in [-0.2, -0.15) is 0 Å². The number of carbonyl (C=O) groups is 2. The fraction of sp³-hybridized carbons (Fsp3) is 0.500. The highest BCUT2D eigenvalue weighted by Gasteiger charge is 2.28. The molecule has 1 amide bonds. The van der Waals surface area contributed by atoms with Crippen LogP contribution in [0.4, 0.5) is 0 Å². The lowest BCUT2D eigenvalue weighted by atomic mass is 10.1. The van der Waals surface area contributed by atoms with Crippen LogP contribution in [0, 0.1) is 0 Å². The van der Waals surface area contributed by atoms with Crippen LogP contribution in [-0.2, 0) is 16.1 Å². The number of carboxylic acid groups (broad SMARTS) is 1. The van der Waals surface area contributed by atoms with Gasteiger partial charge in [0, 0.05) is 6.54 Å². The number of carbonyl (C=O) groups excluding carboxylic acids is 1. The van der Waals surface area contributed by atoms with E-state index < -0.39 is 12.0 Å². The summed E-state index contributed by atoms with van der Waals surface area (Å²) in [7, 11) is 0. The Balaban J connectivity index is 1.86. The number of aliphatic carboxylic acids is 1. The summed E-state index contributed by atoms with van der Waals surface area (Å²) in [6, 6.07) is 9.15. The molecule has 1 saturated heterocycles. The molecule has 21 heavy (non-hydrogen) atoms. The van der Waals surface area contributed by atoms with Gasteiger partial charge in [-0.15, -0.1) is 0 Å². The molecule has 1 aromatic rings. The van der Waals surface area contributed by atoms with Gasteiger partial charge in [-0.05, 0) is 24.9 Å². The van der Waals surface area contributed by atoms with E-state index >= 15 is 0 Å². The Morgan fingerprint density at radius 3 is 2.67 bits per heavy atom. The van der Waals surface area contributed by atoms with Crippen LogP contribution in [0.25, 0.3) is 0 Å². The molecule has 0 radical (unpaired) electrons. The average Bonchev–Trinajstić information content (AvgIpc) is 2.72. The molecular weight excluding hydrogens is 268 g/mol. The zero-order valence-corrected chi connectivity index (χ0v) is 12.1. The number of nitrogens with zero attached hydrogens (tertiary/aromatic N) is 1. The van der Waals surface area contributed by atoms with Gasteiger partial charge >= 0.3 is 5.97 Å². The van der Waals surface area contributed by atoms with Crippen LogP contribution in [0.2, 0.25) is 0 Å². The minimum Gasteiger partial charge on any atom is -0.480 e. The summed E-state index contributed by atoms with van der Waals surface area (Å²) in [5.41, 5.74) is 1.04. The lowest BCUT2D eigenvalue weighted by molar-refractivity contribution is -0.144. The van der Waals surface area contributed by atoms with Gasteiger partial charge in [0.25, 0.3) is 0 Å². The summed E-state index contributed by atoms with van der Waals surface area (Å²) >= 11 is 0. The predicted molar refractivity (Wildman–Crippen MR) is 79.8 cm³/mol. The fourth-order valence-corrected chi connectivity index (χ4v) is 2.67. The Hall–Kier alpha value is -1.88. The van der Waals surface area contributed by atoms with Gasteiger partial charge in [0.2, 0.25) is 5.91 Å². The van der Waals surface area contributed by atoms with Crippen molar-refractivity contribution in [2.24, 2.45) is 0 Å². The molecule has 2 rings (SSSR count). The summed E-state index contributed by atoms with van der Waals surface area (Å²) in [5.74, 6) is -0.945. The number of carboxylic acids is 1. The fourth-order valence-electron chi connectivity index (χ4n) is 2.67. The maximum absolute atomic E-state index is 12.0. The standard InChI is InChI=1S/C16H22N2O3/c19-15(17-11-13-7-3-1-4-8-13)12-18-10-6-2-5-9-14(18)16(20)21/h1,3-4,7-8,14H,2,5-6,9-12H2,(H,17,19)(H,20,21). The molecule has 0 bridgehead atoms. The molecule has 1 heterocycles. The van der Waals surface area contributed by atoms with Gasteiger partial charge < -0.3 is 10.4 Å². The van der Waals surface area contributed by atoms with Gasteiger partial charge in [0.1, 0.15) is 6.04 Å². The third-order valence-corrected chi connectivity index (χ3v) is 3.83. The summed E-state index contributed by atoms with van der Waals surface area (Å²) in [6.45, 7) is 1.31. The maximum atomic E-state index is 12.0. The van der Waals surface area contributed by atoms with E-state index in [1.165, 1.54) is 0 Å². The van der Waals surface area contributed by atoms with Crippen LogP contribution >= 0.6 is 0 Å². The number of hydrogen-bond donors (Lipinski definition) is 2. The SMILES string of the molecule is O=C(CN1CCCCCC1C(=O)O)NCc1ccccc1. The van der Waals surface area contributed by atoms with E-state index in [1.54, 1.807) is 4.90 Å². The van der Waals surface area contributed by atoms with Crippen molar-refractivity contribution in [3.8, 4) is 0 Å². The van der Waals surface area contributed by atoms with Crippen molar-refractivity contribution in [2.75, 3.05) is 13.1 Å². The van der Waals surface area contributed by atoms with E-state index in [4.69, 9.17) is 0 Å². The van der Waals surface area contributed by atoms with Crippen LogP contribution in [0.15, 0.2) is 30.3 Å². The van der Waals surface area contributed by atoms with Gasteiger partial charge in [0.05, 0.1) is 6.54 Å². The summed E-state index contributed by atoms with van der Waals surface area (Å²) in [6.07, 6.45) is 3.53. The van der Waals surface area contributed by atoms with Crippen molar-refractivity contribution in [3.63, 3.8) is 0 Å². The minimum atomic E-state index is -0.826. The average molecular weight is 290 g/mol. The van der Waals surface area contributed by atoms with Crippen LogP contribution in [0.5, 0.6) is 0 Å². The van der Waals surface area contributed by atoms with Crippen molar-refractivity contribution in [1.82, 2.24) is 10.2 Å². The molecule has 0 saturated carbocycles. The number of likely N-dealkylation sites (tertiary alicyclic amines) is 1. The minimum absolute atomic E-state index is 0.119. The third kappa shape index (κ3) is 4.86. The normalized spacial score (nSPS) is 19.7. The first-order valence-electron chi connectivity index (χ1n) is 7.44. The van der Waals surface area contributed by atoms with E-state index in [1.807, 2.05) is 30.3 Å². The molecule has 0 aliphatic carbocycles. The Bertz CT molecular complexity index is 476. The Kier molecular flexibility index (Phi) is 5.75. The highest BCUT2D eigenvalue weighted by Crippen LogP contribution is 2.16. The van der Waals surface area contributed by atoms with Crippen LogP contribution in [0.1, 0.15) is 31.2 Å². The summed E-state index contributed by atoms with van der Waals surface area (Å²) in [4.78, 5) is 25.1. The third-order valence-electron chi connectivity index (χ3n) is 3.83. The van der Waals surface area contributed by atoms with Crippen LogP contribution < -0.4 is 5.32 Å². The van der Waals surface area contributed by atoms with E-state index in [9.17, 15) is 14.7 Å². The van der Waals surface area contributed by atoms with Crippen molar-refractivity contribution in [1.29, 1.82) is 0 Å². The molecule has 114 valence electrons. The molecule has 1 fully saturated rings. The molecule has 1 aliphatic rings. The lowest BCUT2D eigenvalue weighted by Crippen LogP contribution is -2.46. The molecule has 1 aromatic carbocycles. The number of rotatable bonds is 5. The van der Waals surface area contributed by atoms with E-state index in [0.717, 1.165) is 24.8 Å². The number of amides is 1. The zero-order valence-electron chi connectivity index (χ0n) is 12.1. The van der Waals surface area contributed by atoms with Crippen LogP contribution in [-0.4, -0.2) is 41.0 Å². The molecule has 1 atom stereocenters. The Morgan fingerprint density at radius 2 is 1.95 bits per heavy atom. The van der Waals surface area contributed by atoms with E-state index in [-0.39, 0.29) is 12.5 Å².